The van der Waals surface area contributed by atoms with Gasteiger partial charge in [-0.15, -0.1) is 0 Å². The van der Waals surface area contributed by atoms with Crippen LogP contribution < -0.4 is 15.6 Å². The van der Waals surface area contributed by atoms with Gasteiger partial charge >= 0.3 is 0 Å². The van der Waals surface area contributed by atoms with Crippen LogP contribution >= 0.6 is 0 Å². The van der Waals surface area contributed by atoms with E-state index in [0.717, 1.165) is 30.2 Å². The molecule has 2 N–H and O–H groups in total. The Morgan fingerprint density at radius 2 is 1.97 bits per heavy atom. The van der Waals surface area contributed by atoms with Crippen molar-refractivity contribution < 1.29 is 14.4 Å². The summed E-state index contributed by atoms with van der Waals surface area (Å²) >= 11 is 0. The van der Waals surface area contributed by atoms with Gasteiger partial charge in [-0.25, -0.2) is 5.43 Å². The van der Waals surface area contributed by atoms with Crippen LogP contribution in [0.3, 0.4) is 0 Å². The summed E-state index contributed by atoms with van der Waals surface area (Å²) in [6, 6.07) is 7.59. The molecule has 4 rings (SSSR count). The lowest BCUT2D eigenvalue weighted by molar-refractivity contribution is -0.136. The van der Waals surface area contributed by atoms with Crippen LogP contribution in [0.15, 0.2) is 29.4 Å². The third-order valence-electron chi connectivity index (χ3n) is 6.50. The number of carbonyl (C=O) groups is 3. The highest BCUT2D eigenvalue weighted by Crippen LogP contribution is 2.24. The Hall–Kier alpha value is -2.94. The van der Waals surface area contributed by atoms with Crippen molar-refractivity contribution in [2.75, 3.05) is 50.0 Å². The fourth-order valence-electron chi connectivity index (χ4n) is 4.47. The highest BCUT2D eigenvalue weighted by Gasteiger charge is 2.32. The monoisotopic (exact) mass is 440 g/mol. The smallest absolute Gasteiger partial charge is 0.243 e. The summed E-state index contributed by atoms with van der Waals surface area (Å²) in [6.07, 6.45) is 4.30. The van der Waals surface area contributed by atoms with E-state index < -0.39 is 6.04 Å². The molecule has 9 heteroatoms. The Morgan fingerprint density at radius 1 is 1.16 bits per heavy atom. The molecule has 1 aromatic carbocycles. The topological polar surface area (TPSA) is 97.3 Å². The number of nitrogens with zero attached hydrogens (tertiary/aromatic N) is 4. The van der Waals surface area contributed by atoms with E-state index in [9.17, 15) is 14.4 Å². The molecule has 3 amide bonds. The number of likely N-dealkylation sites (N-methyl/N-ethyl adjacent to an activating group) is 1. The van der Waals surface area contributed by atoms with E-state index in [2.05, 4.69) is 26.8 Å². The lowest BCUT2D eigenvalue weighted by Crippen LogP contribution is -2.57. The predicted molar refractivity (Wildman–Crippen MR) is 124 cm³/mol. The van der Waals surface area contributed by atoms with Gasteiger partial charge in [0.1, 0.15) is 6.04 Å². The highest BCUT2D eigenvalue weighted by atomic mass is 16.2. The number of hydrogen-bond acceptors (Lipinski definition) is 6. The first kappa shape index (κ1) is 22.3. The van der Waals surface area contributed by atoms with Crippen molar-refractivity contribution in [2.24, 2.45) is 5.10 Å². The summed E-state index contributed by atoms with van der Waals surface area (Å²) < 4.78 is 0. The fourth-order valence-corrected chi connectivity index (χ4v) is 4.47. The van der Waals surface area contributed by atoms with Crippen molar-refractivity contribution in [1.29, 1.82) is 0 Å². The molecule has 0 aromatic heterocycles. The van der Waals surface area contributed by atoms with E-state index in [1.807, 2.05) is 30.1 Å². The molecule has 3 heterocycles. The number of benzene rings is 1. The molecule has 3 aliphatic rings. The first-order chi connectivity index (χ1) is 15.5. The standard InChI is InChI=1S/C23H32N6O3/c1-27-13-14-29(22(31)10-8-17-7-9-21(30)26-25-17)16-20(27)23(32)24-18-5-4-6-19(15-18)28-11-2-3-12-28/h4-6,15,20H,2-3,7-14,16H2,1H3,(H,24,32)(H,26,30)/t20-/m0/s1. The molecule has 3 aliphatic heterocycles. The molecule has 9 nitrogen and oxygen atoms in total. The molecule has 0 saturated carbocycles. The van der Waals surface area contributed by atoms with Crippen LogP contribution in [-0.4, -0.2) is 79.0 Å². The molecule has 0 unspecified atom stereocenters. The molecule has 0 aliphatic carbocycles. The van der Waals surface area contributed by atoms with Crippen LogP contribution in [0.1, 0.15) is 38.5 Å². The van der Waals surface area contributed by atoms with Crippen molar-refractivity contribution in [3.63, 3.8) is 0 Å². The van der Waals surface area contributed by atoms with E-state index in [4.69, 9.17) is 0 Å². The van der Waals surface area contributed by atoms with Crippen LogP contribution in [0.25, 0.3) is 0 Å². The second kappa shape index (κ2) is 10.1. The van der Waals surface area contributed by atoms with Gasteiger partial charge in [-0.2, -0.15) is 5.10 Å². The Morgan fingerprint density at radius 3 is 2.72 bits per heavy atom. The molecule has 2 fully saturated rings. The predicted octanol–water partition coefficient (Wildman–Crippen LogP) is 1.41. The Bertz CT molecular complexity index is 895. The normalized spacial score (nSPS) is 21.8. The molecular formula is C23H32N6O3. The molecule has 1 atom stereocenters. The summed E-state index contributed by atoms with van der Waals surface area (Å²) in [5.41, 5.74) is 5.24. The molecule has 0 spiro atoms. The number of amides is 3. The Kier molecular flexibility index (Phi) is 7.04. The van der Waals surface area contributed by atoms with E-state index in [0.29, 0.717) is 45.3 Å². The maximum Gasteiger partial charge on any atom is 0.243 e. The van der Waals surface area contributed by atoms with Crippen molar-refractivity contribution >= 4 is 34.8 Å². The van der Waals surface area contributed by atoms with E-state index in [1.165, 1.54) is 12.8 Å². The third kappa shape index (κ3) is 5.45. The quantitative estimate of drug-likeness (QED) is 0.697. The summed E-state index contributed by atoms with van der Waals surface area (Å²) in [7, 11) is 1.92. The largest absolute Gasteiger partial charge is 0.371 e. The second-order valence-corrected chi connectivity index (χ2v) is 8.78. The van der Waals surface area contributed by atoms with Crippen molar-refractivity contribution in [3.8, 4) is 0 Å². The van der Waals surface area contributed by atoms with Crippen molar-refractivity contribution in [1.82, 2.24) is 15.2 Å². The van der Waals surface area contributed by atoms with Gasteiger partial charge in [0.05, 0.1) is 0 Å². The van der Waals surface area contributed by atoms with Gasteiger partial charge in [0.25, 0.3) is 0 Å². The SMILES string of the molecule is CN1CCN(C(=O)CCC2=NNC(=O)CC2)C[C@H]1C(=O)Nc1cccc(N2CCCC2)c1. The maximum absolute atomic E-state index is 13.1. The first-order valence-electron chi connectivity index (χ1n) is 11.5. The first-order valence-corrected chi connectivity index (χ1v) is 11.5. The van der Waals surface area contributed by atoms with E-state index in [-0.39, 0.29) is 17.7 Å². The van der Waals surface area contributed by atoms with Crippen LogP contribution in [0.2, 0.25) is 0 Å². The summed E-state index contributed by atoms with van der Waals surface area (Å²) in [5, 5.41) is 7.08. The molecule has 32 heavy (non-hydrogen) atoms. The summed E-state index contributed by atoms with van der Waals surface area (Å²) in [5.74, 6) is -0.159. The van der Waals surface area contributed by atoms with Gasteiger partial charge in [0.15, 0.2) is 0 Å². The third-order valence-corrected chi connectivity index (χ3v) is 6.50. The van der Waals surface area contributed by atoms with E-state index in [1.54, 1.807) is 4.90 Å². The van der Waals surface area contributed by atoms with Gasteiger partial charge in [-0.1, -0.05) is 6.07 Å². The lowest BCUT2D eigenvalue weighted by atomic mass is 10.1. The minimum Gasteiger partial charge on any atom is -0.371 e. The zero-order chi connectivity index (χ0) is 22.5. The van der Waals surface area contributed by atoms with Crippen LogP contribution in [0, 0.1) is 0 Å². The number of carbonyl (C=O) groups excluding carboxylic acids is 3. The number of anilines is 2. The number of hydrazone groups is 1. The average molecular weight is 441 g/mol. The highest BCUT2D eigenvalue weighted by molar-refractivity contribution is 5.96. The van der Waals surface area contributed by atoms with Gasteiger partial charge < -0.3 is 15.1 Å². The fraction of sp³-hybridized carbons (Fsp3) is 0.565. The summed E-state index contributed by atoms with van der Waals surface area (Å²) in [6.45, 7) is 3.73. The van der Waals surface area contributed by atoms with E-state index >= 15 is 0 Å². The van der Waals surface area contributed by atoms with Crippen LogP contribution in [-0.2, 0) is 14.4 Å². The summed E-state index contributed by atoms with van der Waals surface area (Å²) in [4.78, 5) is 43.1. The number of piperazine rings is 1. The second-order valence-electron chi connectivity index (χ2n) is 8.78. The zero-order valence-corrected chi connectivity index (χ0v) is 18.7. The number of nitrogens with one attached hydrogen (secondary N) is 2. The Balaban J connectivity index is 1.32. The van der Waals surface area contributed by atoms with Gasteiger partial charge in [-0.05, 0) is 50.9 Å². The maximum atomic E-state index is 13.1. The Labute approximate surface area is 188 Å². The van der Waals surface area contributed by atoms with Crippen molar-refractivity contribution in [3.05, 3.63) is 24.3 Å². The minimum absolute atomic E-state index is 0.0199. The molecule has 0 radical (unpaired) electrons. The molecule has 1 aromatic rings. The minimum atomic E-state index is -0.394. The van der Waals surface area contributed by atoms with Crippen LogP contribution in [0.5, 0.6) is 0 Å². The van der Waals surface area contributed by atoms with Crippen LogP contribution in [0.4, 0.5) is 11.4 Å². The number of hydrogen-bond donors (Lipinski definition) is 2. The average Bonchev–Trinajstić information content (AvgIpc) is 3.34. The zero-order valence-electron chi connectivity index (χ0n) is 18.7. The van der Waals surface area contributed by atoms with Gasteiger partial charge in [-0.3, -0.25) is 19.3 Å². The molecule has 2 saturated heterocycles. The molecule has 0 bridgehead atoms. The van der Waals surface area contributed by atoms with Gasteiger partial charge in [0.2, 0.25) is 17.7 Å². The van der Waals surface area contributed by atoms with Crippen molar-refractivity contribution in [2.45, 2.75) is 44.6 Å². The van der Waals surface area contributed by atoms with Gasteiger partial charge in [0, 0.05) is 62.7 Å². The lowest BCUT2D eigenvalue weighted by Gasteiger charge is -2.38. The number of rotatable bonds is 6. The molecule has 172 valence electrons. The molecular weight excluding hydrogens is 408 g/mol.